The van der Waals surface area contributed by atoms with Gasteiger partial charge in [0.25, 0.3) is 6.43 Å². The highest BCUT2D eigenvalue weighted by Crippen LogP contribution is 2.42. The molecule has 1 aromatic carbocycles. The number of alkyl halides is 2. The molecule has 2 aliphatic rings. The summed E-state index contributed by atoms with van der Waals surface area (Å²) in [6, 6.07) is 6.22. The SMILES string of the molecule is Cc1cc(C(F)F)ncc1-c1cc2c(n3cnnc13)NCc1c(F)ccc3c1[C@@H](CO3)CO2. The molecule has 0 bridgehead atoms. The number of aromatic nitrogens is 4. The van der Waals surface area contributed by atoms with Crippen molar-refractivity contribution in [1.29, 1.82) is 0 Å². The summed E-state index contributed by atoms with van der Waals surface area (Å²) in [5.74, 6) is 1.33. The number of ether oxygens (including phenoxy) is 2. The van der Waals surface area contributed by atoms with E-state index in [9.17, 15) is 13.2 Å². The second-order valence-electron chi connectivity index (χ2n) is 8.13. The van der Waals surface area contributed by atoms with Crippen LogP contribution >= 0.6 is 0 Å². The Balaban J connectivity index is 1.49. The Hall–Kier alpha value is -3.82. The van der Waals surface area contributed by atoms with Gasteiger partial charge in [-0.25, -0.2) is 13.2 Å². The predicted molar refractivity (Wildman–Crippen MR) is 113 cm³/mol. The zero-order valence-corrected chi connectivity index (χ0v) is 17.5. The van der Waals surface area contributed by atoms with Crippen molar-refractivity contribution in [3.8, 4) is 22.6 Å². The molecule has 1 N–H and O–H groups in total. The van der Waals surface area contributed by atoms with Crippen LogP contribution in [0.4, 0.5) is 19.0 Å². The van der Waals surface area contributed by atoms with Crippen LogP contribution in [0.2, 0.25) is 0 Å². The van der Waals surface area contributed by atoms with Gasteiger partial charge in [-0.05, 0) is 36.8 Å². The van der Waals surface area contributed by atoms with Crippen molar-refractivity contribution in [2.24, 2.45) is 0 Å². The smallest absolute Gasteiger partial charge is 0.280 e. The van der Waals surface area contributed by atoms with Gasteiger partial charge in [-0.3, -0.25) is 9.38 Å². The van der Waals surface area contributed by atoms with E-state index in [0.717, 1.165) is 5.56 Å². The van der Waals surface area contributed by atoms with Crippen LogP contribution in [0.3, 0.4) is 0 Å². The number of rotatable bonds is 2. The van der Waals surface area contributed by atoms with Gasteiger partial charge in [0.2, 0.25) is 0 Å². The second kappa shape index (κ2) is 7.36. The van der Waals surface area contributed by atoms with Crippen LogP contribution in [0, 0.1) is 12.7 Å². The lowest BCUT2D eigenvalue weighted by molar-refractivity contribution is 0.146. The molecule has 0 amide bonds. The Morgan fingerprint density at radius 3 is 2.73 bits per heavy atom. The lowest BCUT2D eigenvalue weighted by atomic mass is 9.96. The average Bonchev–Trinajstić information content (AvgIpc) is 3.45. The van der Waals surface area contributed by atoms with Crippen molar-refractivity contribution in [3.05, 3.63) is 65.0 Å². The van der Waals surface area contributed by atoms with Gasteiger partial charge in [0.1, 0.15) is 23.6 Å². The van der Waals surface area contributed by atoms with Crippen LogP contribution in [0.15, 0.2) is 36.8 Å². The summed E-state index contributed by atoms with van der Waals surface area (Å²) < 4.78 is 54.6. The molecular formula is C23H18F3N5O2. The minimum absolute atomic E-state index is 0.118. The van der Waals surface area contributed by atoms with Gasteiger partial charge in [-0.15, -0.1) is 10.2 Å². The molecule has 0 unspecified atom stereocenters. The highest BCUT2D eigenvalue weighted by atomic mass is 19.3. The maximum atomic E-state index is 14.7. The molecule has 0 aliphatic carbocycles. The molecule has 10 heteroatoms. The summed E-state index contributed by atoms with van der Waals surface area (Å²) in [5.41, 5.74) is 3.49. The molecule has 33 heavy (non-hydrogen) atoms. The molecule has 1 atom stereocenters. The summed E-state index contributed by atoms with van der Waals surface area (Å²) in [6.45, 7) is 2.66. The number of hydrogen-bond acceptors (Lipinski definition) is 6. The maximum absolute atomic E-state index is 14.7. The predicted octanol–water partition coefficient (Wildman–Crippen LogP) is 4.66. The van der Waals surface area contributed by atoms with E-state index in [0.29, 0.717) is 51.8 Å². The van der Waals surface area contributed by atoms with Crippen LogP contribution in [-0.4, -0.2) is 32.8 Å². The van der Waals surface area contributed by atoms with Gasteiger partial charge in [0, 0.05) is 35.0 Å². The Morgan fingerprint density at radius 1 is 1.12 bits per heavy atom. The summed E-state index contributed by atoms with van der Waals surface area (Å²) in [6.07, 6.45) is 0.291. The molecular weight excluding hydrogens is 435 g/mol. The molecule has 0 saturated carbocycles. The first-order chi connectivity index (χ1) is 16.0. The first kappa shape index (κ1) is 19.8. The van der Waals surface area contributed by atoms with E-state index in [2.05, 4.69) is 20.5 Å². The lowest BCUT2D eigenvalue weighted by Gasteiger charge is -2.17. The second-order valence-corrected chi connectivity index (χ2v) is 8.13. The summed E-state index contributed by atoms with van der Waals surface area (Å²) in [5, 5.41) is 11.5. The largest absolute Gasteiger partial charge is 0.493 e. The van der Waals surface area contributed by atoms with Gasteiger partial charge in [0.15, 0.2) is 17.2 Å². The summed E-state index contributed by atoms with van der Waals surface area (Å²) in [7, 11) is 0. The van der Waals surface area contributed by atoms with Gasteiger partial charge in [-0.2, -0.15) is 0 Å². The number of aryl methyl sites for hydroxylation is 1. The van der Waals surface area contributed by atoms with Crippen LogP contribution in [-0.2, 0) is 6.54 Å². The fourth-order valence-electron chi connectivity index (χ4n) is 4.56. The molecule has 7 nitrogen and oxygen atoms in total. The molecule has 3 aromatic heterocycles. The Labute approximate surface area is 186 Å². The quantitative estimate of drug-likeness (QED) is 0.476. The van der Waals surface area contributed by atoms with Crippen molar-refractivity contribution in [3.63, 3.8) is 0 Å². The maximum Gasteiger partial charge on any atom is 0.280 e. The number of anilines is 1. The first-order valence-electron chi connectivity index (χ1n) is 10.4. The Bertz CT molecular complexity index is 1400. The molecule has 6 rings (SSSR count). The van der Waals surface area contributed by atoms with Gasteiger partial charge < -0.3 is 14.8 Å². The fourth-order valence-corrected chi connectivity index (χ4v) is 4.56. The van der Waals surface area contributed by atoms with Crippen molar-refractivity contribution >= 4 is 11.5 Å². The minimum Gasteiger partial charge on any atom is -0.493 e. The van der Waals surface area contributed by atoms with Crippen molar-refractivity contribution in [1.82, 2.24) is 19.6 Å². The summed E-state index contributed by atoms with van der Waals surface area (Å²) >= 11 is 0. The van der Waals surface area contributed by atoms with Gasteiger partial charge >= 0.3 is 0 Å². The third-order valence-electron chi connectivity index (χ3n) is 6.16. The van der Waals surface area contributed by atoms with E-state index < -0.39 is 6.43 Å². The average molecular weight is 453 g/mol. The van der Waals surface area contributed by atoms with Gasteiger partial charge in [-0.1, -0.05) is 0 Å². The molecule has 5 heterocycles. The summed E-state index contributed by atoms with van der Waals surface area (Å²) in [4.78, 5) is 3.91. The van der Waals surface area contributed by atoms with E-state index in [4.69, 9.17) is 9.47 Å². The number of benzene rings is 1. The fraction of sp³-hybridized carbons (Fsp3) is 0.261. The molecule has 0 spiro atoms. The van der Waals surface area contributed by atoms with E-state index in [1.165, 1.54) is 24.7 Å². The standard InChI is InChI=1S/C23H18F3N5O2/c1-11-4-17(21(25)26)27-6-14(11)13-5-19-23(31-10-29-30-22(13)31)28-7-15-16(24)2-3-18-20(15)12(8-32-18)9-33-19/h2-6,10,12,21,28H,7-9H2,1H3/t12-/m0/s1. The molecule has 2 aliphatic heterocycles. The number of halogens is 3. The van der Waals surface area contributed by atoms with Crippen LogP contribution < -0.4 is 14.8 Å². The third-order valence-corrected chi connectivity index (χ3v) is 6.16. The van der Waals surface area contributed by atoms with Gasteiger partial charge in [0.05, 0.1) is 19.1 Å². The highest BCUT2D eigenvalue weighted by molar-refractivity contribution is 5.83. The number of hydrogen-bond donors (Lipinski definition) is 1. The molecule has 4 aromatic rings. The number of nitrogens with zero attached hydrogens (tertiary/aromatic N) is 4. The van der Waals surface area contributed by atoms with Crippen molar-refractivity contribution in [2.45, 2.75) is 25.8 Å². The number of fused-ring (bicyclic) bond motifs is 3. The molecule has 0 fully saturated rings. The Morgan fingerprint density at radius 2 is 1.94 bits per heavy atom. The Kier molecular flexibility index (Phi) is 4.42. The molecule has 0 saturated heterocycles. The van der Waals surface area contributed by atoms with E-state index in [1.807, 2.05) is 0 Å². The lowest BCUT2D eigenvalue weighted by Crippen LogP contribution is -2.13. The van der Waals surface area contributed by atoms with E-state index in [1.54, 1.807) is 23.5 Å². The number of pyridine rings is 2. The molecule has 0 radical (unpaired) electrons. The number of nitrogens with one attached hydrogen (secondary N) is 1. The van der Waals surface area contributed by atoms with E-state index >= 15 is 0 Å². The van der Waals surface area contributed by atoms with Crippen LogP contribution in [0.25, 0.3) is 16.8 Å². The zero-order chi connectivity index (χ0) is 22.7. The molecule has 168 valence electrons. The normalized spacial score (nSPS) is 16.8. The third kappa shape index (κ3) is 3.08. The first-order valence-corrected chi connectivity index (χ1v) is 10.4. The van der Waals surface area contributed by atoms with Crippen molar-refractivity contribution in [2.75, 3.05) is 18.5 Å². The van der Waals surface area contributed by atoms with Crippen LogP contribution in [0.1, 0.15) is 34.7 Å². The topological polar surface area (TPSA) is 73.6 Å². The monoisotopic (exact) mass is 453 g/mol. The minimum atomic E-state index is -2.65. The van der Waals surface area contributed by atoms with Crippen LogP contribution in [0.5, 0.6) is 11.5 Å². The van der Waals surface area contributed by atoms with Crippen molar-refractivity contribution < 1.29 is 22.6 Å². The van der Waals surface area contributed by atoms with E-state index in [-0.39, 0.29) is 30.6 Å². The highest BCUT2D eigenvalue weighted by Gasteiger charge is 2.31. The zero-order valence-electron chi connectivity index (χ0n) is 17.5.